The summed E-state index contributed by atoms with van der Waals surface area (Å²) in [6, 6.07) is 16.3. The molecule has 7 heteroatoms. The van der Waals surface area contributed by atoms with Crippen molar-refractivity contribution >= 4 is 23.3 Å². The Morgan fingerprint density at radius 2 is 1.79 bits per heavy atom. The van der Waals surface area contributed by atoms with E-state index in [1.807, 2.05) is 24.3 Å². The van der Waals surface area contributed by atoms with Crippen LogP contribution in [-0.4, -0.2) is 69.3 Å². The van der Waals surface area contributed by atoms with Gasteiger partial charge in [0.05, 0.1) is 0 Å². The van der Waals surface area contributed by atoms with Gasteiger partial charge < -0.3 is 19.3 Å². The number of hydrogen-bond donors (Lipinski definition) is 0. The number of hydrogen-bond acceptors (Lipinski definition) is 6. The molecule has 2 heterocycles. The van der Waals surface area contributed by atoms with Crippen molar-refractivity contribution < 1.29 is 19.1 Å². The molecule has 4 rings (SSSR count). The molecule has 1 fully saturated rings. The van der Waals surface area contributed by atoms with E-state index in [1.165, 1.54) is 5.69 Å². The highest BCUT2D eigenvalue weighted by molar-refractivity contribution is 5.95. The molecule has 0 N–H and O–H groups in total. The first-order valence-corrected chi connectivity index (χ1v) is 11.8. The highest BCUT2D eigenvalue weighted by atomic mass is 16.6. The monoisotopic (exact) mass is 451 g/mol. The molecule has 0 aliphatic carbocycles. The summed E-state index contributed by atoms with van der Waals surface area (Å²) < 4.78 is 11.8. The molecular formula is C26H33N3O4. The standard InChI is InChI=1S/C26H33N3O4/c1-3-26(31)33-23(18-28-13-15-29(16-14-28)21-7-5-4-6-8-21)19-32-22-10-11-24-20(17-22)9-12-25(30)27(24)2/h4-8,10-11,17,23H,3,9,12-16,18-19H2,1-2H3. The number of piperazine rings is 1. The molecule has 33 heavy (non-hydrogen) atoms. The summed E-state index contributed by atoms with van der Waals surface area (Å²) in [6.07, 6.45) is 1.24. The summed E-state index contributed by atoms with van der Waals surface area (Å²) in [6.45, 7) is 6.46. The second-order valence-electron chi connectivity index (χ2n) is 8.64. The van der Waals surface area contributed by atoms with E-state index >= 15 is 0 Å². The van der Waals surface area contributed by atoms with Crippen LogP contribution in [0.5, 0.6) is 5.75 Å². The van der Waals surface area contributed by atoms with Crippen LogP contribution in [0.25, 0.3) is 0 Å². The third kappa shape index (κ3) is 5.85. The molecule has 0 bridgehead atoms. The molecule has 0 saturated carbocycles. The first-order valence-electron chi connectivity index (χ1n) is 11.8. The van der Waals surface area contributed by atoms with E-state index in [1.54, 1.807) is 18.9 Å². The van der Waals surface area contributed by atoms with Crippen LogP contribution >= 0.6 is 0 Å². The second-order valence-corrected chi connectivity index (χ2v) is 8.64. The van der Waals surface area contributed by atoms with Gasteiger partial charge in [0, 0.05) is 64.0 Å². The maximum atomic E-state index is 12.0. The highest BCUT2D eigenvalue weighted by Gasteiger charge is 2.24. The van der Waals surface area contributed by atoms with Gasteiger partial charge in [-0.15, -0.1) is 0 Å². The summed E-state index contributed by atoms with van der Waals surface area (Å²) in [5.74, 6) is 0.662. The predicted octanol–water partition coefficient (Wildman–Crippen LogP) is 3.12. The number of carbonyl (C=O) groups is 2. The minimum Gasteiger partial charge on any atom is -0.490 e. The van der Waals surface area contributed by atoms with E-state index in [2.05, 4.69) is 34.1 Å². The zero-order valence-electron chi connectivity index (χ0n) is 19.5. The fourth-order valence-corrected chi connectivity index (χ4v) is 4.42. The molecule has 1 atom stereocenters. The summed E-state index contributed by atoms with van der Waals surface area (Å²) in [7, 11) is 1.80. The first kappa shape index (κ1) is 23.1. The van der Waals surface area contributed by atoms with Gasteiger partial charge >= 0.3 is 5.97 Å². The number of nitrogens with zero attached hydrogens (tertiary/aromatic N) is 3. The van der Waals surface area contributed by atoms with Gasteiger partial charge in [0.1, 0.15) is 18.5 Å². The quantitative estimate of drug-likeness (QED) is 0.575. The molecule has 2 aliphatic rings. The van der Waals surface area contributed by atoms with Crippen LogP contribution < -0.4 is 14.5 Å². The Morgan fingerprint density at radius 3 is 2.52 bits per heavy atom. The summed E-state index contributed by atoms with van der Waals surface area (Å²) >= 11 is 0. The van der Waals surface area contributed by atoms with Crippen LogP contribution in [0.2, 0.25) is 0 Å². The molecule has 1 saturated heterocycles. The lowest BCUT2D eigenvalue weighted by atomic mass is 10.0. The van der Waals surface area contributed by atoms with Gasteiger partial charge in [0.2, 0.25) is 5.91 Å². The lowest BCUT2D eigenvalue weighted by Crippen LogP contribution is -2.50. The number of anilines is 2. The Bertz CT molecular complexity index is 957. The number of benzene rings is 2. The molecule has 1 unspecified atom stereocenters. The number of esters is 1. The number of rotatable bonds is 8. The molecule has 176 valence electrons. The molecule has 2 aromatic rings. The van der Waals surface area contributed by atoms with Crippen LogP contribution in [0.15, 0.2) is 48.5 Å². The van der Waals surface area contributed by atoms with Crippen molar-refractivity contribution in [3.8, 4) is 5.75 Å². The van der Waals surface area contributed by atoms with Crippen LogP contribution in [0.1, 0.15) is 25.3 Å². The molecule has 1 amide bonds. The van der Waals surface area contributed by atoms with Gasteiger partial charge in [0.25, 0.3) is 0 Å². The second kappa shape index (κ2) is 10.7. The molecule has 0 spiro atoms. The van der Waals surface area contributed by atoms with Crippen LogP contribution in [0.4, 0.5) is 11.4 Å². The molecule has 0 radical (unpaired) electrons. The van der Waals surface area contributed by atoms with Gasteiger partial charge in [-0.3, -0.25) is 14.5 Å². The van der Waals surface area contributed by atoms with Crippen molar-refractivity contribution in [1.82, 2.24) is 4.90 Å². The van der Waals surface area contributed by atoms with Gasteiger partial charge in [-0.05, 0) is 42.3 Å². The van der Waals surface area contributed by atoms with E-state index < -0.39 is 0 Å². The number of carbonyl (C=O) groups excluding carboxylic acids is 2. The smallest absolute Gasteiger partial charge is 0.305 e. The number of ether oxygens (including phenoxy) is 2. The predicted molar refractivity (Wildman–Crippen MR) is 129 cm³/mol. The van der Waals surface area contributed by atoms with Crippen molar-refractivity contribution in [1.29, 1.82) is 0 Å². The number of aryl methyl sites for hydroxylation is 1. The van der Waals surface area contributed by atoms with Gasteiger partial charge in [0.15, 0.2) is 0 Å². The van der Waals surface area contributed by atoms with E-state index in [9.17, 15) is 9.59 Å². The third-order valence-corrected chi connectivity index (χ3v) is 6.37. The van der Waals surface area contributed by atoms with Crippen molar-refractivity contribution in [3.05, 3.63) is 54.1 Å². The lowest BCUT2D eigenvalue weighted by Gasteiger charge is -2.37. The largest absolute Gasteiger partial charge is 0.490 e. The normalized spacial score (nSPS) is 17.5. The van der Waals surface area contributed by atoms with Crippen molar-refractivity contribution in [2.75, 3.05) is 56.2 Å². The maximum absolute atomic E-state index is 12.0. The minimum absolute atomic E-state index is 0.134. The third-order valence-electron chi connectivity index (χ3n) is 6.37. The highest BCUT2D eigenvalue weighted by Crippen LogP contribution is 2.30. The molecule has 0 aromatic heterocycles. The average Bonchev–Trinajstić information content (AvgIpc) is 2.85. The van der Waals surface area contributed by atoms with E-state index in [0.29, 0.717) is 26.0 Å². The summed E-state index contributed by atoms with van der Waals surface area (Å²) in [5.41, 5.74) is 3.28. The fraction of sp³-hybridized carbons (Fsp3) is 0.462. The summed E-state index contributed by atoms with van der Waals surface area (Å²) in [5, 5.41) is 0. The summed E-state index contributed by atoms with van der Waals surface area (Å²) in [4.78, 5) is 30.4. The van der Waals surface area contributed by atoms with Crippen LogP contribution in [0.3, 0.4) is 0 Å². The Labute approximate surface area is 195 Å². The van der Waals surface area contributed by atoms with E-state index in [-0.39, 0.29) is 18.0 Å². The van der Waals surface area contributed by atoms with Crippen molar-refractivity contribution in [2.45, 2.75) is 32.3 Å². The molecule has 2 aromatic carbocycles. The molecular weight excluding hydrogens is 418 g/mol. The Hall–Kier alpha value is -3.06. The topological polar surface area (TPSA) is 62.3 Å². The zero-order chi connectivity index (χ0) is 23.2. The Morgan fingerprint density at radius 1 is 1.03 bits per heavy atom. The van der Waals surface area contributed by atoms with Crippen molar-refractivity contribution in [3.63, 3.8) is 0 Å². The fourth-order valence-electron chi connectivity index (χ4n) is 4.42. The molecule has 2 aliphatic heterocycles. The minimum atomic E-state index is -0.332. The number of fused-ring (bicyclic) bond motifs is 1. The Kier molecular flexibility index (Phi) is 7.50. The SMILES string of the molecule is CCC(=O)OC(COc1ccc2c(c1)CCC(=O)N2C)CN1CCN(c2ccccc2)CC1. The lowest BCUT2D eigenvalue weighted by molar-refractivity contribution is -0.151. The van der Waals surface area contributed by atoms with Gasteiger partial charge in [-0.1, -0.05) is 25.1 Å². The number of para-hydroxylation sites is 1. The van der Waals surface area contributed by atoms with Crippen LogP contribution in [0, 0.1) is 0 Å². The van der Waals surface area contributed by atoms with Gasteiger partial charge in [-0.2, -0.15) is 0 Å². The Balaban J connectivity index is 1.34. The number of amides is 1. The van der Waals surface area contributed by atoms with Gasteiger partial charge in [-0.25, -0.2) is 0 Å². The van der Waals surface area contributed by atoms with E-state index in [4.69, 9.17) is 9.47 Å². The van der Waals surface area contributed by atoms with Crippen LogP contribution in [-0.2, 0) is 20.7 Å². The van der Waals surface area contributed by atoms with Crippen molar-refractivity contribution in [2.24, 2.45) is 0 Å². The van der Waals surface area contributed by atoms with E-state index in [0.717, 1.165) is 49.6 Å². The molecule has 7 nitrogen and oxygen atoms in total. The maximum Gasteiger partial charge on any atom is 0.305 e. The average molecular weight is 452 g/mol. The zero-order valence-corrected chi connectivity index (χ0v) is 19.5. The first-order chi connectivity index (χ1) is 16.0.